The van der Waals surface area contributed by atoms with Gasteiger partial charge in [-0.15, -0.1) is 0 Å². The largest absolute Gasteiger partial charge is 0.494 e. The van der Waals surface area contributed by atoms with Gasteiger partial charge in [-0.2, -0.15) is 5.10 Å². The first-order valence-electron chi connectivity index (χ1n) is 11.0. The molecule has 3 aromatic rings. The first-order valence-corrected chi connectivity index (χ1v) is 14.7. The summed E-state index contributed by atoms with van der Waals surface area (Å²) >= 11 is 0. The van der Waals surface area contributed by atoms with E-state index in [4.69, 9.17) is 9.47 Å². The van der Waals surface area contributed by atoms with Crippen LogP contribution < -0.4 is 15.4 Å². The highest BCUT2D eigenvalue weighted by atomic mass is 28.3. The van der Waals surface area contributed by atoms with Gasteiger partial charge in [0.05, 0.1) is 24.5 Å². The molecule has 0 saturated carbocycles. The highest BCUT2D eigenvalue weighted by molar-refractivity contribution is 6.76. The normalized spacial score (nSPS) is 12.1. The molecule has 0 aliphatic rings. The first-order chi connectivity index (χ1) is 15.5. The summed E-state index contributed by atoms with van der Waals surface area (Å²) in [6.07, 6.45) is 3.21. The number of amides is 1. The van der Waals surface area contributed by atoms with Gasteiger partial charge in [-0.25, -0.2) is 14.6 Å². The monoisotopic (exact) mass is 470 g/mol. The van der Waals surface area contributed by atoms with Gasteiger partial charge in [-0.1, -0.05) is 40.4 Å². The molecule has 0 atom stereocenters. The molecule has 0 unspecified atom stereocenters. The summed E-state index contributed by atoms with van der Waals surface area (Å²) in [5, 5.41) is 11.5. The lowest BCUT2D eigenvalue weighted by atomic mass is 9.96. The number of carbonyl (C=O) groups excluding carboxylic acids is 1. The summed E-state index contributed by atoms with van der Waals surface area (Å²) in [5.74, 6) is 1.49. The van der Waals surface area contributed by atoms with Crippen molar-refractivity contribution in [3.05, 3.63) is 30.7 Å². The van der Waals surface area contributed by atoms with Crippen LogP contribution in [-0.4, -0.2) is 47.4 Å². The van der Waals surface area contributed by atoms with E-state index in [1.807, 2.05) is 37.6 Å². The molecule has 2 N–H and O–H groups in total. The van der Waals surface area contributed by atoms with E-state index in [2.05, 4.69) is 45.3 Å². The Kier molecular flexibility index (Phi) is 7.38. The van der Waals surface area contributed by atoms with Crippen LogP contribution in [-0.2, 0) is 16.3 Å². The van der Waals surface area contributed by atoms with Gasteiger partial charge in [0.25, 0.3) is 0 Å². The summed E-state index contributed by atoms with van der Waals surface area (Å²) in [5.41, 5.74) is 1.13. The van der Waals surface area contributed by atoms with Gasteiger partial charge in [-0.05, 0) is 12.1 Å². The highest BCUT2D eigenvalue weighted by Crippen LogP contribution is 2.32. The quantitative estimate of drug-likeness (QED) is 0.339. The fourth-order valence-corrected chi connectivity index (χ4v) is 3.70. The van der Waals surface area contributed by atoms with Crippen molar-refractivity contribution in [3.8, 4) is 5.75 Å². The second-order valence-electron chi connectivity index (χ2n) is 10.2. The van der Waals surface area contributed by atoms with E-state index < -0.39 is 13.5 Å². The van der Waals surface area contributed by atoms with E-state index in [-0.39, 0.29) is 5.91 Å². The minimum atomic E-state index is -1.13. The number of nitrogens with one attached hydrogen (secondary N) is 2. The third-order valence-corrected chi connectivity index (χ3v) is 6.73. The molecular weight excluding hydrogens is 436 g/mol. The van der Waals surface area contributed by atoms with Gasteiger partial charge in [0.1, 0.15) is 30.4 Å². The van der Waals surface area contributed by atoms with Crippen LogP contribution in [0, 0.1) is 5.41 Å². The van der Waals surface area contributed by atoms with Crippen molar-refractivity contribution < 1.29 is 14.3 Å². The van der Waals surface area contributed by atoms with Crippen molar-refractivity contribution >= 4 is 42.2 Å². The van der Waals surface area contributed by atoms with Crippen LogP contribution >= 0.6 is 0 Å². The van der Waals surface area contributed by atoms with E-state index in [0.29, 0.717) is 24.1 Å². The number of carbonyl (C=O) groups is 1. The number of ether oxygens (including phenoxy) is 2. The summed E-state index contributed by atoms with van der Waals surface area (Å²) in [6, 6.07) is 6.68. The Morgan fingerprint density at radius 2 is 1.85 bits per heavy atom. The summed E-state index contributed by atoms with van der Waals surface area (Å²) in [6.45, 7) is 13.7. The molecule has 0 aliphatic carbocycles. The van der Waals surface area contributed by atoms with Crippen LogP contribution in [0.2, 0.25) is 25.7 Å². The molecule has 10 heteroatoms. The number of nitrogens with zero attached hydrogens (tertiary/aromatic N) is 4. The fraction of sp³-hybridized carbons (Fsp3) is 0.478. The fourth-order valence-electron chi connectivity index (χ4n) is 2.94. The van der Waals surface area contributed by atoms with Gasteiger partial charge in [-0.3, -0.25) is 4.79 Å². The van der Waals surface area contributed by atoms with Crippen LogP contribution in [0.1, 0.15) is 20.8 Å². The second-order valence-corrected chi connectivity index (χ2v) is 15.8. The molecule has 178 valence electrons. The minimum Gasteiger partial charge on any atom is -0.494 e. The van der Waals surface area contributed by atoms with Crippen LogP contribution in [0.3, 0.4) is 0 Å². The zero-order chi connectivity index (χ0) is 24.2. The van der Waals surface area contributed by atoms with Crippen molar-refractivity contribution in [2.24, 2.45) is 5.41 Å². The highest BCUT2D eigenvalue weighted by Gasteiger charge is 2.22. The Morgan fingerprint density at radius 1 is 1.12 bits per heavy atom. The SMILES string of the molecule is COc1cc2c(cnn2COCC[Si](C)(C)C)cc1Nc1cc(NC(=O)C(C)(C)C)ncn1. The summed E-state index contributed by atoms with van der Waals surface area (Å²) in [4.78, 5) is 20.7. The Hall–Kier alpha value is -2.98. The summed E-state index contributed by atoms with van der Waals surface area (Å²) < 4.78 is 13.3. The number of hydrogen-bond donors (Lipinski definition) is 2. The van der Waals surface area contributed by atoms with Crippen molar-refractivity contribution in [1.82, 2.24) is 19.7 Å². The predicted molar refractivity (Wildman–Crippen MR) is 134 cm³/mol. The van der Waals surface area contributed by atoms with Crippen LogP contribution in [0.15, 0.2) is 30.7 Å². The van der Waals surface area contributed by atoms with E-state index in [1.165, 1.54) is 6.33 Å². The minimum absolute atomic E-state index is 0.120. The van der Waals surface area contributed by atoms with Gasteiger partial charge in [0.15, 0.2) is 0 Å². The molecule has 9 nitrogen and oxygen atoms in total. The number of aromatic nitrogens is 4. The molecule has 0 saturated heterocycles. The number of fused-ring (bicyclic) bond motifs is 1. The molecule has 1 aromatic carbocycles. The van der Waals surface area contributed by atoms with E-state index in [9.17, 15) is 4.79 Å². The number of benzene rings is 1. The lowest BCUT2D eigenvalue weighted by Crippen LogP contribution is -2.28. The Labute approximate surface area is 195 Å². The zero-order valence-corrected chi connectivity index (χ0v) is 21.5. The lowest BCUT2D eigenvalue weighted by molar-refractivity contribution is -0.123. The molecule has 1 amide bonds. The van der Waals surface area contributed by atoms with Gasteiger partial charge >= 0.3 is 0 Å². The average molecular weight is 471 g/mol. The molecule has 0 aliphatic heterocycles. The van der Waals surface area contributed by atoms with E-state index in [1.54, 1.807) is 19.4 Å². The maximum absolute atomic E-state index is 12.3. The van der Waals surface area contributed by atoms with Crippen LogP contribution in [0.5, 0.6) is 5.75 Å². The molecule has 0 bridgehead atoms. The first kappa shape index (κ1) is 24.7. The molecule has 0 radical (unpaired) electrons. The molecule has 3 rings (SSSR count). The average Bonchev–Trinajstić information content (AvgIpc) is 3.11. The predicted octanol–water partition coefficient (Wildman–Crippen LogP) is 4.88. The van der Waals surface area contributed by atoms with Gasteiger partial charge in [0.2, 0.25) is 5.91 Å². The Balaban J connectivity index is 1.76. The maximum atomic E-state index is 12.3. The third-order valence-electron chi connectivity index (χ3n) is 5.03. The molecule has 0 spiro atoms. The zero-order valence-electron chi connectivity index (χ0n) is 20.5. The molecular formula is C23H34N6O3Si. The van der Waals surface area contributed by atoms with Crippen molar-refractivity contribution in [3.63, 3.8) is 0 Å². The topological polar surface area (TPSA) is 103 Å². The molecule has 2 heterocycles. The smallest absolute Gasteiger partial charge is 0.230 e. The molecule has 2 aromatic heterocycles. The molecule has 0 fully saturated rings. The third kappa shape index (κ3) is 6.75. The maximum Gasteiger partial charge on any atom is 0.230 e. The van der Waals surface area contributed by atoms with Crippen molar-refractivity contribution in [2.45, 2.75) is 53.2 Å². The molecule has 33 heavy (non-hydrogen) atoms. The van der Waals surface area contributed by atoms with Gasteiger partial charge < -0.3 is 20.1 Å². The van der Waals surface area contributed by atoms with E-state index in [0.717, 1.165) is 29.2 Å². The lowest BCUT2D eigenvalue weighted by Gasteiger charge is -2.17. The number of anilines is 3. The Morgan fingerprint density at radius 3 is 2.52 bits per heavy atom. The van der Waals surface area contributed by atoms with Crippen molar-refractivity contribution in [1.29, 1.82) is 0 Å². The number of hydrogen-bond acceptors (Lipinski definition) is 7. The Bertz CT molecular complexity index is 1120. The van der Waals surface area contributed by atoms with Crippen LogP contribution in [0.25, 0.3) is 10.9 Å². The van der Waals surface area contributed by atoms with E-state index >= 15 is 0 Å². The second kappa shape index (κ2) is 9.88. The summed E-state index contributed by atoms with van der Waals surface area (Å²) in [7, 11) is 0.486. The van der Waals surface area contributed by atoms with Crippen LogP contribution in [0.4, 0.5) is 17.3 Å². The number of methoxy groups -OCH3 is 1. The van der Waals surface area contributed by atoms with Gasteiger partial charge in [0, 0.05) is 37.6 Å². The standard InChI is InChI=1S/C23H34N6O3Si/c1-23(2,3)22(30)28-21-12-20(24-14-25-21)27-17-10-16-13-26-29(18(16)11-19(17)31-4)15-32-8-9-33(5,6)7/h10-14H,8-9,15H2,1-7H3,(H2,24,25,27,28,30). The van der Waals surface area contributed by atoms with Crippen molar-refractivity contribution in [2.75, 3.05) is 24.4 Å². The number of rotatable bonds is 9.